The third-order valence-corrected chi connectivity index (χ3v) is 15.5. The molecule has 0 atom stereocenters. The highest BCUT2D eigenvalue weighted by Gasteiger charge is 2.35. The molecule has 63 heavy (non-hydrogen) atoms. The molecule has 2 aliphatic carbocycles. The molecule has 0 aliphatic heterocycles. The number of thiophene rings is 1. The molecule has 12 rings (SSSR count). The van der Waals surface area contributed by atoms with E-state index in [1.807, 2.05) is 11.3 Å². The molecule has 9 aromatic carbocycles. The van der Waals surface area contributed by atoms with Crippen LogP contribution in [0, 0.1) is 0 Å². The van der Waals surface area contributed by atoms with Crippen LogP contribution in [0.1, 0.15) is 68.6 Å². The number of rotatable bonds is 7. The van der Waals surface area contributed by atoms with E-state index in [-0.39, 0.29) is 5.41 Å². The number of anilines is 3. The van der Waals surface area contributed by atoms with E-state index in [4.69, 9.17) is 0 Å². The molecule has 0 amide bonds. The Morgan fingerprint density at radius 1 is 0.460 bits per heavy atom. The monoisotopic (exact) mass is 827 g/mol. The summed E-state index contributed by atoms with van der Waals surface area (Å²) < 4.78 is 2.67. The van der Waals surface area contributed by atoms with E-state index in [0.29, 0.717) is 5.92 Å². The van der Waals surface area contributed by atoms with Crippen molar-refractivity contribution in [1.29, 1.82) is 0 Å². The van der Waals surface area contributed by atoms with Crippen LogP contribution in [0.3, 0.4) is 0 Å². The van der Waals surface area contributed by atoms with E-state index < -0.39 is 0 Å². The van der Waals surface area contributed by atoms with E-state index in [1.54, 1.807) is 0 Å². The third-order valence-electron chi connectivity index (χ3n) is 14.3. The highest BCUT2D eigenvalue weighted by atomic mass is 32.1. The number of nitrogens with zero attached hydrogens (tertiary/aromatic N) is 1. The first-order valence-electron chi connectivity index (χ1n) is 22.8. The van der Waals surface area contributed by atoms with Gasteiger partial charge in [-0.1, -0.05) is 185 Å². The lowest BCUT2D eigenvalue weighted by atomic mass is 9.80. The van der Waals surface area contributed by atoms with Crippen molar-refractivity contribution in [1.82, 2.24) is 0 Å². The molecule has 0 bridgehead atoms. The second-order valence-electron chi connectivity index (χ2n) is 18.2. The Balaban J connectivity index is 0.993. The molecule has 1 fully saturated rings. The van der Waals surface area contributed by atoms with E-state index in [1.165, 1.54) is 130 Å². The summed E-state index contributed by atoms with van der Waals surface area (Å²) in [6.07, 6.45) is 6.51. The maximum atomic E-state index is 2.48. The summed E-state index contributed by atoms with van der Waals surface area (Å²) in [6, 6.07) is 73.0. The SMILES string of the molecule is CC1(C)c2ccccc2-c2ccc(-c3ccc(N(c4ccc(-c5cccc6c5sc5ccccc56)cc4)c4ccccc4-c4cccc5cccc(C6CCCCC6)c45)cc3)cc21. The summed E-state index contributed by atoms with van der Waals surface area (Å²) in [5.41, 5.74) is 17.9. The standard InChI is InChI=1S/C61H49NS/c1-61(2)55-26-9-6-19-49(55)50-38-33-44(39-56(50)61)40-29-34-45(35-30-40)62(46-36-31-42(32-37-46)48-23-14-25-54-52-21-8-11-28-58(52)63-60(48)54)57-27-10-7-20-51(57)53-24-13-18-43-17-12-22-47(59(43)53)41-15-4-3-5-16-41/h6-14,17-39,41H,3-5,15-16H2,1-2H3. The summed E-state index contributed by atoms with van der Waals surface area (Å²) >= 11 is 1.89. The highest BCUT2D eigenvalue weighted by molar-refractivity contribution is 7.26. The van der Waals surface area contributed by atoms with E-state index >= 15 is 0 Å². The fourth-order valence-corrected chi connectivity index (χ4v) is 12.4. The van der Waals surface area contributed by atoms with Crippen LogP contribution in [0.15, 0.2) is 194 Å². The van der Waals surface area contributed by atoms with Crippen molar-refractivity contribution in [2.45, 2.75) is 57.3 Å². The molecule has 304 valence electrons. The van der Waals surface area contributed by atoms with Gasteiger partial charge in [-0.15, -0.1) is 11.3 Å². The molecule has 2 aliphatic rings. The molecule has 1 nitrogen and oxygen atoms in total. The van der Waals surface area contributed by atoms with Gasteiger partial charge in [0.25, 0.3) is 0 Å². The molecule has 0 N–H and O–H groups in total. The van der Waals surface area contributed by atoms with Crippen molar-refractivity contribution in [2.75, 3.05) is 4.90 Å². The predicted octanol–water partition coefficient (Wildman–Crippen LogP) is 18.0. The van der Waals surface area contributed by atoms with Gasteiger partial charge < -0.3 is 4.90 Å². The Morgan fingerprint density at radius 3 is 1.87 bits per heavy atom. The predicted molar refractivity (Wildman–Crippen MR) is 271 cm³/mol. The molecule has 0 radical (unpaired) electrons. The minimum absolute atomic E-state index is 0.0461. The van der Waals surface area contributed by atoms with Gasteiger partial charge in [0.2, 0.25) is 0 Å². The minimum atomic E-state index is -0.0461. The Kier molecular flexibility index (Phi) is 9.20. The van der Waals surface area contributed by atoms with E-state index in [0.717, 1.165) is 11.4 Å². The Morgan fingerprint density at radius 2 is 1.06 bits per heavy atom. The second-order valence-corrected chi connectivity index (χ2v) is 19.3. The number of para-hydroxylation sites is 1. The largest absolute Gasteiger partial charge is 0.310 e. The molecule has 1 saturated carbocycles. The van der Waals surface area contributed by atoms with Gasteiger partial charge in [-0.2, -0.15) is 0 Å². The number of hydrogen-bond acceptors (Lipinski definition) is 2. The quantitative estimate of drug-likeness (QED) is 0.155. The van der Waals surface area contributed by atoms with Crippen LogP contribution in [0.5, 0.6) is 0 Å². The summed E-state index contributed by atoms with van der Waals surface area (Å²) in [6.45, 7) is 4.73. The van der Waals surface area contributed by atoms with Crippen molar-refractivity contribution >= 4 is 59.3 Å². The molecule has 1 aromatic heterocycles. The van der Waals surface area contributed by atoms with Crippen LogP contribution < -0.4 is 4.90 Å². The van der Waals surface area contributed by atoms with Crippen molar-refractivity contribution in [3.8, 4) is 44.5 Å². The average molecular weight is 828 g/mol. The first-order valence-corrected chi connectivity index (χ1v) is 23.6. The van der Waals surface area contributed by atoms with Crippen LogP contribution in [-0.2, 0) is 5.41 Å². The van der Waals surface area contributed by atoms with Gasteiger partial charge in [-0.3, -0.25) is 0 Å². The minimum Gasteiger partial charge on any atom is -0.310 e. The smallest absolute Gasteiger partial charge is 0.0540 e. The van der Waals surface area contributed by atoms with Crippen LogP contribution in [0.25, 0.3) is 75.5 Å². The zero-order valence-corrected chi connectivity index (χ0v) is 36.8. The Bertz CT molecular complexity index is 3340. The lowest BCUT2D eigenvalue weighted by Gasteiger charge is -2.29. The lowest BCUT2D eigenvalue weighted by molar-refractivity contribution is 0.445. The van der Waals surface area contributed by atoms with Crippen LogP contribution in [0.2, 0.25) is 0 Å². The van der Waals surface area contributed by atoms with E-state index in [2.05, 4.69) is 213 Å². The van der Waals surface area contributed by atoms with Crippen LogP contribution >= 0.6 is 11.3 Å². The van der Waals surface area contributed by atoms with Crippen molar-refractivity contribution in [2.24, 2.45) is 0 Å². The molecule has 0 unspecified atom stereocenters. The number of benzene rings is 9. The molecule has 0 spiro atoms. The van der Waals surface area contributed by atoms with E-state index in [9.17, 15) is 0 Å². The Hall–Kier alpha value is -6.74. The average Bonchev–Trinajstić information content (AvgIpc) is 3.84. The fourth-order valence-electron chi connectivity index (χ4n) is 11.1. The zero-order chi connectivity index (χ0) is 42.1. The lowest BCUT2D eigenvalue weighted by Crippen LogP contribution is -2.14. The van der Waals surface area contributed by atoms with Gasteiger partial charge in [-0.25, -0.2) is 0 Å². The summed E-state index contributed by atoms with van der Waals surface area (Å²) in [5.74, 6) is 0.594. The molecular weight excluding hydrogens is 779 g/mol. The fraction of sp³-hybridized carbons (Fsp3) is 0.148. The summed E-state index contributed by atoms with van der Waals surface area (Å²) in [4.78, 5) is 2.48. The topological polar surface area (TPSA) is 3.24 Å². The normalized spacial score (nSPS) is 14.6. The highest BCUT2D eigenvalue weighted by Crippen LogP contribution is 2.51. The van der Waals surface area contributed by atoms with Crippen LogP contribution in [-0.4, -0.2) is 0 Å². The van der Waals surface area contributed by atoms with Gasteiger partial charge in [0.1, 0.15) is 0 Å². The number of fused-ring (bicyclic) bond motifs is 7. The maximum absolute atomic E-state index is 2.48. The molecule has 1 heterocycles. The Labute approximate surface area is 374 Å². The molecular formula is C61H49NS. The first-order chi connectivity index (χ1) is 31.0. The molecule has 10 aromatic rings. The van der Waals surface area contributed by atoms with Crippen molar-refractivity contribution < 1.29 is 0 Å². The number of hydrogen-bond donors (Lipinski definition) is 0. The summed E-state index contributed by atoms with van der Waals surface area (Å²) in [7, 11) is 0. The zero-order valence-electron chi connectivity index (χ0n) is 35.9. The van der Waals surface area contributed by atoms with Gasteiger partial charge in [0.15, 0.2) is 0 Å². The second kappa shape index (κ2) is 15.3. The maximum Gasteiger partial charge on any atom is 0.0540 e. The van der Waals surface area contributed by atoms with Gasteiger partial charge in [0.05, 0.1) is 5.69 Å². The van der Waals surface area contributed by atoms with Crippen molar-refractivity contribution in [3.05, 3.63) is 211 Å². The summed E-state index contributed by atoms with van der Waals surface area (Å²) in [5, 5.41) is 5.38. The molecule has 0 saturated heterocycles. The van der Waals surface area contributed by atoms with Gasteiger partial charge >= 0.3 is 0 Å². The van der Waals surface area contributed by atoms with Gasteiger partial charge in [-0.05, 0) is 128 Å². The molecule has 2 heteroatoms. The van der Waals surface area contributed by atoms with Gasteiger partial charge in [0, 0.05) is 42.5 Å². The third kappa shape index (κ3) is 6.34. The first kappa shape index (κ1) is 38.0. The van der Waals surface area contributed by atoms with Crippen molar-refractivity contribution in [3.63, 3.8) is 0 Å². The van der Waals surface area contributed by atoms with Crippen LogP contribution in [0.4, 0.5) is 17.1 Å².